The lowest BCUT2D eigenvalue weighted by atomic mass is 9.93. The highest BCUT2D eigenvalue weighted by molar-refractivity contribution is 7.89. The van der Waals surface area contributed by atoms with Crippen LogP contribution >= 0.6 is 0 Å². The minimum absolute atomic E-state index is 0.0794. The van der Waals surface area contributed by atoms with Crippen LogP contribution in [-0.4, -0.2) is 40.9 Å². The zero-order chi connectivity index (χ0) is 18.0. The Balaban J connectivity index is 1.88. The van der Waals surface area contributed by atoms with Crippen molar-refractivity contribution in [3.05, 3.63) is 53.4 Å². The van der Waals surface area contributed by atoms with Gasteiger partial charge in [0.15, 0.2) is 0 Å². The van der Waals surface area contributed by atoms with Gasteiger partial charge in [-0.1, -0.05) is 0 Å². The van der Waals surface area contributed by atoms with E-state index in [-0.39, 0.29) is 24.0 Å². The summed E-state index contributed by atoms with van der Waals surface area (Å²) in [6.45, 7) is 2.27. The van der Waals surface area contributed by atoms with E-state index >= 15 is 0 Å². The second-order valence-electron chi connectivity index (χ2n) is 6.14. The lowest BCUT2D eigenvalue weighted by Crippen LogP contribution is -2.39. The first-order valence-electron chi connectivity index (χ1n) is 8.11. The molecule has 1 aliphatic heterocycles. The van der Waals surface area contributed by atoms with Gasteiger partial charge in [-0.3, -0.25) is 0 Å². The van der Waals surface area contributed by atoms with Crippen LogP contribution < -0.4 is 0 Å². The van der Waals surface area contributed by atoms with E-state index in [9.17, 15) is 17.9 Å². The molecule has 2 aromatic rings. The molecule has 25 heavy (non-hydrogen) atoms. The van der Waals surface area contributed by atoms with Crippen molar-refractivity contribution in [1.29, 1.82) is 0 Å². The third kappa shape index (κ3) is 3.70. The van der Waals surface area contributed by atoms with Crippen molar-refractivity contribution in [2.24, 2.45) is 0 Å². The van der Waals surface area contributed by atoms with Gasteiger partial charge in [0.2, 0.25) is 10.0 Å². The molecule has 134 valence electrons. The van der Waals surface area contributed by atoms with Gasteiger partial charge < -0.3 is 5.11 Å². The summed E-state index contributed by atoms with van der Waals surface area (Å²) in [5.41, 5.74) is 1.32. The third-order valence-corrected chi connectivity index (χ3v) is 6.29. The van der Waals surface area contributed by atoms with E-state index in [1.165, 1.54) is 16.4 Å². The first-order valence-corrected chi connectivity index (χ1v) is 9.55. The second-order valence-corrected chi connectivity index (χ2v) is 8.08. The summed E-state index contributed by atoms with van der Waals surface area (Å²) in [6.07, 6.45) is 3.07. The topological polar surface area (TPSA) is 83.4 Å². The van der Waals surface area contributed by atoms with E-state index < -0.39 is 15.8 Å². The molecule has 2 heterocycles. The quantitative estimate of drug-likeness (QED) is 0.896. The van der Waals surface area contributed by atoms with E-state index in [1.54, 1.807) is 13.1 Å². The Kier molecular flexibility index (Phi) is 5.12. The van der Waals surface area contributed by atoms with Gasteiger partial charge in [0.05, 0.1) is 17.2 Å². The molecule has 0 spiro atoms. The molecule has 0 saturated carbocycles. The predicted octanol–water partition coefficient (Wildman–Crippen LogP) is 1.98. The standard InChI is InChI=1S/C17H20FN3O3S/c1-12-19-9-14(11-22)17(20-12)13-3-2-8-21(10-13)25(23,24)16-6-4-15(18)5-7-16/h4-7,9,13,22H,2-3,8,10-11H2,1H3. The minimum atomic E-state index is -3.69. The maximum Gasteiger partial charge on any atom is 0.243 e. The fourth-order valence-electron chi connectivity index (χ4n) is 3.13. The summed E-state index contributed by atoms with van der Waals surface area (Å²) >= 11 is 0. The number of hydrogen-bond donors (Lipinski definition) is 1. The van der Waals surface area contributed by atoms with Crippen LogP contribution in [0.2, 0.25) is 0 Å². The number of aryl methyl sites for hydroxylation is 1. The Bertz CT molecular complexity index is 856. The van der Waals surface area contributed by atoms with E-state index in [1.807, 2.05) is 0 Å². The molecule has 1 fully saturated rings. The van der Waals surface area contributed by atoms with Crippen LogP contribution in [0.1, 0.15) is 35.8 Å². The zero-order valence-electron chi connectivity index (χ0n) is 13.9. The Morgan fingerprint density at radius 1 is 1.32 bits per heavy atom. The largest absolute Gasteiger partial charge is 0.392 e. The summed E-state index contributed by atoms with van der Waals surface area (Å²) in [6, 6.07) is 4.85. The minimum Gasteiger partial charge on any atom is -0.392 e. The van der Waals surface area contributed by atoms with Gasteiger partial charge in [-0.05, 0) is 44.0 Å². The normalized spacial score (nSPS) is 19.1. The number of rotatable bonds is 4. The van der Waals surface area contributed by atoms with Gasteiger partial charge in [0.25, 0.3) is 0 Å². The van der Waals surface area contributed by atoms with Crippen molar-refractivity contribution >= 4 is 10.0 Å². The molecule has 3 rings (SSSR count). The summed E-state index contributed by atoms with van der Waals surface area (Å²) in [5.74, 6) is 0.0121. The molecule has 1 aromatic carbocycles. The average molecular weight is 365 g/mol. The van der Waals surface area contributed by atoms with E-state index in [0.29, 0.717) is 30.0 Å². The molecule has 1 N–H and O–H groups in total. The highest BCUT2D eigenvalue weighted by atomic mass is 32.2. The van der Waals surface area contributed by atoms with Crippen molar-refractivity contribution in [2.75, 3.05) is 13.1 Å². The number of aliphatic hydroxyl groups is 1. The molecule has 0 amide bonds. The molecule has 1 unspecified atom stereocenters. The van der Waals surface area contributed by atoms with Crippen LogP contribution in [-0.2, 0) is 16.6 Å². The first-order chi connectivity index (χ1) is 11.9. The number of nitrogens with zero attached hydrogens (tertiary/aromatic N) is 3. The highest BCUT2D eigenvalue weighted by Crippen LogP contribution is 2.31. The maximum absolute atomic E-state index is 13.1. The van der Waals surface area contributed by atoms with Crippen LogP contribution in [0.25, 0.3) is 0 Å². The number of sulfonamides is 1. The molecule has 0 bridgehead atoms. The second kappa shape index (κ2) is 7.15. The smallest absolute Gasteiger partial charge is 0.243 e. The molecule has 1 saturated heterocycles. The molecule has 8 heteroatoms. The molecule has 0 radical (unpaired) electrons. The van der Waals surface area contributed by atoms with Crippen molar-refractivity contribution in [2.45, 2.75) is 37.2 Å². The van der Waals surface area contributed by atoms with Crippen LogP contribution in [0.4, 0.5) is 4.39 Å². The van der Waals surface area contributed by atoms with Crippen LogP contribution in [0.3, 0.4) is 0 Å². The predicted molar refractivity (Wildman–Crippen MR) is 89.8 cm³/mol. The highest BCUT2D eigenvalue weighted by Gasteiger charge is 2.32. The molecule has 1 aliphatic rings. The number of aliphatic hydroxyl groups excluding tert-OH is 1. The molecule has 1 atom stereocenters. The number of piperidine rings is 1. The van der Waals surface area contributed by atoms with Crippen molar-refractivity contribution in [3.8, 4) is 0 Å². The van der Waals surface area contributed by atoms with Gasteiger partial charge in [0, 0.05) is 30.8 Å². The molecular weight excluding hydrogens is 345 g/mol. The van der Waals surface area contributed by atoms with Gasteiger partial charge in [0.1, 0.15) is 11.6 Å². The number of aromatic nitrogens is 2. The average Bonchev–Trinajstić information content (AvgIpc) is 2.62. The lowest BCUT2D eigenvalue weighted by molar-refractivity contribution is 0.272. The maximum atomic E-state index is 13.1. The Hall–Kier alpha value is -1.90. The molecule has 1 aromatic heterocycles. The fraction of sp³-hybridized carbons (Fsp3) is 0.412. The Morgan fingerprint density at radius 2 is 2.04 bits per heavy atom. The first kappa shape index (κ1) is 17.9. The summed E-state index contributed by atoms with van der Waals surface area (Å²) < 4.78 is 40.1. The fourth-order valence-corrected chi connectivity index (χ4v) is 4.65. The van der Waals surface area contributed by atoms with Crippen LogP contribution in [0.15, 0.2) is 35.4 Å². The number of benzene rings is 1. The van der Waals surface area contributed by atoms with Crippen LogP contribution in [0.5, 0.6) is 0 Å². The third-order valence-electron chi connectivity index (χ3n) is 4.41. The molecular formula is C17H20FN3O3S. The monoisotopic (exact) mass is 365 g/mol. The Morgan fingerprint density at radius 3 is 2.72 bits per heavy atom. The van der Waals surface area contributed by atoms with E-state index in [4.69, 9.17) is 0 Å². The van der Waals surface area contributed by atoms with Gasteiger partial charge in [-0.25, -0.2) is 22.8 Å². The summed E-state index contributed by atoms with van der Waals surface area (Å²) in [4.78, 5) is 8.60. The van der Waals surface area contributed by atoms with Gasteiger partial charge in [-0.2, -0.15) is 4.31 Å². The summed E-state index contributed by atoms with van der Waals surface area (Å²) in [5, 5.41) is 9.52. The van der Waals surface area contributed by atoms with Gasteiger partial charge >= 0.3 is 0 Å². The van der Waals surface area contributed by atoms with E-state index in [2.05, 4.69) is 9.97 Å². The van der Waals surface area contributed by atoms with Crippen molar-refractivity contribution < 1.29 is 17.9 Å². The molecule has 0 aliphatic carbocycles. The number of halogens is 1. The number of hydrogen-bond acceptors (Lipinski definition) is 5. The summed E-state index contributed by atoms with van der Waals surface area (Å²) in [7, 11) is -3.69. The van der Waals surface area contributed by atoms with Crippen molar-refractivity contribution in [1.82, 2.24) is 14.3 Å². The lowest BCUT2D eigenvalue weighted by Gasteiger charge is -2.32. The van der Waals surface area contributed by atoms with Gasteiger partial charge in [-0.15, -0.1) is 0 Å². The SMILES string of the molecule is Cc1ncc(CO)c(C2CCCN(S(=O)(=O)c3ccc(F)cc3)C2)n1. The Labute approximate surface area is 146 Å². The zero-order valence-corrected chi connectivity index (χ0v) is 14.7. The van der Waals surface area contributed by atoms with E-state index in [0.717, 1.165) is 18.6 Å². The van der Waals surface area contributed by atoms with Crippen LogP contribution in [0, 0.1) is 12.7 Å². The van der Waals surface area contributed by atoms with Crippen molar-refractivity contribution in [3.63, 3.8) is 0 Å². The molecule has 6 nitrogen and oxygen atoms in total.